The van der Waals surface area contributed by atoms with Crippen molar-refractivity contribution < 1.29 is 14.6 Å². The number of methoxy groups -OCH3 is 1. The highest BCUT2D eigenvalue weighted by Gasteiger charge is 2.34. The minimum Gasteiger partial charge on any atom is -0.496 e. The summed E-state index contributed by atoms with van der Waals surface area (Å²) in [7, 11) is 1.61. The van der Waals surface area contributed by atoms with E-state index in [0.29, 0.717) is 29.9 Å². The van der Waals surface area contributed by atoms with Crippen molar-refractivity contribution in [2.24, 2.45) is 5.41 Å². The van der Waals surface area contributed by atoms with Crippen LogP contribution in [0.2, 0.25) is 0 Å². The number of rotatable bonds is 5. The van der Waals surface area contributed by atoms with E-state index in [9.17, 15) is 14.7 Å². The highest BCUT2D eigenvalue weighted by molar-refractivity contribution is 5.88. The Hall–Kier alpha value is -3.68. The van der Waals surface area contributed by atoms with Crippen LogP contribution >= 0.6 is 0 Å². The minimum atomic E-state index is -1.22. The molecule has 8 heteroatoms. The smallest absolute Gasteiger partial charge is 0.341 e. The topological polar surface area (TPSA) is 106 Å². The van der Waals surface area contributed by atoms with E-state index in [-0.39, 0.29) is 17.0 Å². The lowest BCUT2D eigenvalue weighted by molar-refractivity contribution is 0.0693. The van der Waals surface area contributed by atoms with Crippen LogP contribution in [0.25, 0.3) is 22.4 Å². The molecule has 2 aliphatic rings. The number of aromatic carboxylic acids is 1. The molecule has 0 bridgehead atoms. The lowest BCUT2D eigenvalue weighted by Crippen LogP contribution is -2.32. The van der Waals surface area contributed by atoms with E-state index in [1.807, 2.05) is 10.6 Å². The molecule has 0 saturated heterocycles. The van der Waals surface area contributed by atoms with E-state index in [0.717, 1.165) is 35.1 Å². The van der Waals surface area contributed by atoms with Gasteiger partial charge in [-0.1, -0.05) is 20.8 Å². The van der Waals surface area contributed by atoms with Crippen LogP contribution in [-0.4, -0.2) is 38.8 Å². The van der Waals surface area contributed by atoms with Gasteiger partial charge in [-0.2, -0.15) is 0 Å². The molecule has 1 aromatic carbocycles. The molecule has 5 rings (SSSR count). The number of aromatic nitrogens is 3. The number of hydrogen-bond acceptors (Lipinski definition) is 6. The molecule has 0 amide bonds. The predicted octanol–water partition coefficient (Wildman–Crippen LogP) is 4.79. The summed E-state index contributed by atoms with van der Waals surface area (Å²) >= 11 is 0. The van der Waals surface area contributed by atoms with Gasteiger partial charge in [0.15, 0.2) is 5.43 Å². The van der Waals surface area contributed by atoms with Crippen LogP contribution in [0.5, 0.6) is 5.75 Å². The van der Waals surface area contributed by atoms with Crippen LogP contribution in [0.3, 0.4) is 0 Å². The molecule has 0 spiro atoms. The SMILES string of the molecule is COc1cc2c(cc1-c1cnc(NC3CCC3)nc1)CC(C(C)(C)C)n1cc(C(=O)O)c(=O)cc1-2. The maximum absolute atomic E-state index is 12.6. The molecule has 0 radical (unpaired) electrons. The maximum Gasteiger partial charge on any atom is 0.341 e. The fraction of sp³-hybridized carbons (Fsp3) is 0.407. The molecule has 35 heavy (non-hydrogen) atoms. The number of carboxylic acid groups (broad SMARTS) is 1. The van der Waals surface area contributed by atoms with E-state index < -0.39 is 11.4 Å². The third-order valence-corrected chi connectivity index (χ3v) is 7.16. The molecule has 1 atom stereocenters. The van der Waals surface area contributed by atoms with E-state index >= 15 is 0 Å². The van der Waals surface area contributed by atoms with Gasteiger partial charge < -0.3 is 19.7 Å². The largest absolute Gasteiger partial charge is 0.496 e. The van der Waals surface area contributed by atoms with Gasteiger partial charge in [0.1, 0.15) is 11.3 Å². The Labute approximate surface area is 204 Å². The van der Waals surface area contributed by atoms with E-state index in [4.69, 9.17) is 4.74 Å². The summed E-state index contributed by atoms with van der Waals surface area (Å²) in [5.41, 5.74) is 3.46. The van der Waals surface area contributed by atoms with Gasteiger partial charge in [-0.25, -0.2) is 14.8 Å². The Balaban J connectivity index is 1.61. The Bertz CT molecular complexity index is 1350. The van der Waals surface area contributed by atoms with Gasteiger partial charge >= 0.3 is 5.97 Å². The zero-order valence-electron chi connectivity index (χ0n) is 20.5. The second-order valence-electron chi connectivity index (χ2n) is 10.5. The lowest BCUT2D eigenvalue weighted by Gasteiger charge is -2.39. The average Bonchev–Trinajstić information content (AvgIpc) is 2.79. The van der Waals surface area contributed by atoms with Gasteiger partial charge in [0, 0.05) is 53.4 Å². The number of carboxylic acids is 1. The highest BCUT2D eigenvalue weighted by Crippen LogP contribution is 2.45. The summed E-state index contributed by atoms with van der Waals surface area (Å²) in [4.78, 5) is 33.3. The highest BCUT2D eigenvalue weighted by atomic mass is 16.5. The summed E-state index contributed by atoms with van der Waals surface area (Å²) < 4.78 is 7.68. The Morgan fingerprint density at radius 2 is 1.86 bits per heavy atom. The Morgan fingerprint density at radius 1 is 1.14 bits per heavy atom. The first-order chi connectivity index (χ1) is 16.7. The average molecular weight is 475 g/mol. The molecular formula is C27H30N4O4. The zero-order chi connectivity index (χ0) is 24.9. The van der Waals surface area contributed by atoms with Crippen molar-refractivity contribution in [2.75, 3.05) is 12.4 Å². The summed E-state index contributed by atoms with van der Waals surface area (Å²) in [5.74, 6) is 0.0558. The molecule has 1 fully saturated rings. The van der Waals surface area contributed by atoms with Crippen LogP contribution in [-0.2, 0) is 6.42 Å². The molecule has 2 N–H and O–H groups in total. The molecule has 8 nitrogen and oxygen atoms in total. The van der Waals surface area contributed by atoms with Crippen LogP contribution < -0.4 is 15.5 Å². The molecular weight excluding hydrogens is 444 g/mol. The quantitative estimate of drug-likeness (QED) is 0.548. The van der Waals surface area contributed by atoms with Crippen LogP contribution in [0.15, 0.2) is 41.6 Å². The fourth-order valence-corrected chi connectivity index (χ4v) is 4.92. The number of anilines is 1. The Morgan fingerprint density at radius 3 is 2.43 bits per heavy atom. The van der Waals surface area contributed by atoms with E-state index in [2.05, 4.69) is 42.1 Å². The molecule has 2 aromatic heterocycles. The number of nitrogens with one attached hydrogen (secondary N) is 1. The van der Waals surface area contributed by atoms with Gasteiger partial charge in [-0.15, -0.1) is 0 Å². The van der Waals surface area contributed by atoms with Crippen molar-refractivity contribution in [3.05, 3.63) is 58.1 Å². The van der Waals surface area contributed by atoms with Gasteiger partial charge in [0.2, 0.25) is 5.95 Å². The van der Waals surface area contributed by atoms with E-state index in [1.165, 1.54) is 18.7 Å². The number of nitrogens with zero attached hydrogens (tertiary/aromatic N) is 3. The first-order valence-electron chi connectivity index (χ1n) is 12.0. The third-order valence-electron chi connectivity index (χ3n) is 7.16. The van der Waals surface area contributed by atoms with Crippen LogP contribution in [0, 0.1) is 5.41 Å². The molecule has 1 unspecified atom stereocenters. The predicted molar refractivity (Wildman–Crippen MR) is 134 cm³/mol. The molecule has 182 valence electrons. The number of carbonyl (C=O) groups is 1. The van der Waals surface area contributed by atoms with Gasteiger partial charge in [0.25, 0.3) is 0 Å². The van der Waals surface area contributed by atoms with Crippen LogP contribution in [0.4, 0.5) is 5.95 Å². The number of benzene rings is 1. The normalized spacial score (nSPS) is 17.2. The summed E-state index contributed by atoms with van der Waals surface area (Å²) in [6.07, 6.45) is 9.33. The molecule has 1 saturated carbocycles. The van der Waals surface area contributed by atoms with Crippen molar-refractivity contribution in [3.8, 4) is 28.1 Å². The van der Waals surface area contributed by atoms with Crippen molar-refractivity contribution >= 4 is 11.9 Å². The number of ether oxygens (including phenoxy) is 1. The lowest BCUT2D eigenvalue weighted by atomic mass is 9.78. The molecule has 3 aromatic rings. The Kier molecular flexibility index (Phi) is 5.62. The summed E-state index contributed by atoms with van der Waals surface area (Å²) in [6.45, 7) is 6.37. The third kappa shape index (κ3) is 4.17. The van der Waals surface area contributed by atoms with Gasteiger partial charge in [0.05, 0.1) is 12.8 Å². The monoisotopic (exact) mass is 474 g/mol. The first kappa shape index (κ1) is 23.1. The second-order valence-corrected chi connectivity index (χ2v) is 10.5. The zero-order valence-corrected chi connectivity index (χ0v) is 20.5. The minimum absolute atomic E-state index is 0.0322. The van der Waals surface area contributed by atoms with E-state index in [1.54, 1.807) is 19.5 Å². The standard InChI is InChI=1S/C27H30N4O4/c1-27(2,3)24-9-15-8-19(16-12-28-26(29-13-16)30-17-6-5-7-17)23(35-4)10-18(15)21-11-22(32)20(25(33)34)14-31(21)24/h8,10-14,17,24H,5-7,9H2,1-4H3,(H,33,34)(H,28,29,30). The number of fused-ring (bicyclic) bond motifs is 3. The van der Waals surface area contributed by atoms with Crippen LogP contribution in [0.1, 0.15) is 62.0 Å². The van der Waals surface area contributed by atoms with Crippen molar-refractivity contribution in [1.82, 2.24) is 14.5 Å². The number of pyridine rings is 1. The van der Waals surface area contributed by atoms with Crippen molar-refractivity contribution in [3.63, 3.8) is 0 Å². The second kappa shape index (κ2) is 8.52. The summed E-state index contributed by atoms with van der Waals surface area (Å²) in [5, 5.41) is 12.9. The van der Waals surface area contributed by atoms with Crippen molar-refractivity contribution in [1.29, 1.82) is 0 Å². The number of hydrogen-bond donors (Lipinski definition) is 2. The van der Waals surface area contributed by atoms with Gasteiger partial charge in [-0.05, 0) is 48.8 Å². The molecule has 3 heterocycles. The van der Waals surface area contributed by atoms with Crippen molar-refractivity contribution in [2.45, 2.75) is 58.5 Å². The fourth-order valence-electron chi connectivity index (χ4n) is 4.92. The first-order valence-corrected chi connectivity index (χ1v) is 12.0. The maximum atomic E-state index is 12.6. The summed E-state index contributed by atoms with van der Waals surface area (Å²) in [6, 6.07) is 5.87. The van der Waals surface area contributed by atoms with Gasteiger partial charge in [-0.3, -0.25) is 4.79 Å². The molecule has 1 aliphatic heterocycles. The molecule has 1 aliphatic carbocycles.